The van der Waals surface area contributed by atoms with Gasteiger partial charge in [0.15, 0.2) is 0 Å². The van der Waals surface area contributed by atoms with Crippen molar-refractivity contribution in [2.45, 2.75) is 45.1 Å². The highest BCUT2D eigenvalue weighted by molar-refractivity contribution is 7.89. The summed E-state index contributed by atoms with van der Waals surface area (Å²) in [5.41, 5.74) is 6.22. The number of nitrogens with zero attached hydrogens (tertiary/aromatic N) is 2. The molecule has 0 spiro atoms. The number of hydrogen-bond acceptors (Lipinski definition) is 4. The predicted octanol–water partition coefficient (Wildman–Crippen LogP) is 2.65. The van der Waals surface area contributed by atoms with Gasteiger partial charge in [-0.3, -0.25) is 0 Å². The lowest BCUT2D eigenvalue weighted by atomic mass is 10.0. The summed E-state index contributed by atoms with van der Waals surface area (Å²) < 4.78 is 27.3. The fourth-order valence-electron chi connectivity index (χ4n) is 2.66. The van der Waals surface area contributed by atoms with Gasteiger partial charge in [0, 0.05) is 25.3 Å². The average molecular weight is 342 g/mol. The Balaban J connectivity index is 3.06. The fraction of sp³-hybridized carbons (Fsp3) is 0.647. The summed E-state index contributed by atoms with van der Waals surface area (Å²) in [7, 11) is -1.83. The zero-order valence-corrected chi connectivity index (χ0v) is 15.8. The number of rotatable bonds is 9. The standard InChI is InChI=1S/C17H31N3O2S/c1-6-20(7-2)13-16(12-14(3)4)19(5)23(21,22)17-10-8-15(18)9-11-17/h8-11,14,16H,6-7,12-13,18H2,1-5H3/t16-/m0/s1. The monoisotopic (exact) mass is 341 g/mol. The molecule has 0 heterocycles. The Morgan fingerprint density at radius 3 is 2.04 bits per heavy atom. The van der Waals surface area contributed by atoms with Crippen LogP contribution >= 0.6 is 0 Å². The summed E-state index contributed by atoms with van der Waals surface area (Å²) in [6, 6.07) is 6.36. The normalized spacial score (nSPS) is 13.9. The molecule has 2 N–H and O–H groups in total. The van der Waals surface area contributed by atoms with E-state index in [9.17, 15) is 8.42 Å². The molecule has 0 fully saturated rings. The van der Waals surface area contributed by atoms with Crippen LogP contribution in [0.2, 0.25) is 0 Å². The van der Waals surface area contributed by atoms with Gasteiger partial charge in [-0.1, -0.05) is 27.7 Å². The molecule has 0 saturated carbocycles. The van der Waals surface area contributed by atoms with Crippen LogP contribution in [0.1, 0.15) is 34.1 Å². The average Bonchev–Trinajstić information content (AvgIpc) is 2.50. The van der Waals surface area contributed by atoms with Gasteiger partial charge >= 0.3 is 0 Å². The second-order valence-electron chi connectivity index (χ2n) is 6.36. The molecule has 1 aromatic carbocycles. The van der Waals surface area contributed by atoms with E-state index in [1.54, 1.807) is 31.3 Å². The van der Waals surface area contributed by atoms with E-state index in [1.807, 2.05) is 0 Å². The van der Waals surface area contributed by atoms with Crippen LogP contribution in [0.4, 0.5) is 5.69 Å². The molecule has 0 bridgehead atoms. The molecule has 132 valence electrons. The SMILES string of the molecule is CCN(CC)C[C@H](CC(C)C)N(C)S(=O)(=O)c1ccc(N)cc1. The summed E-state index contributed by atoms with van der Waals surface area (Å²) in [6.07, 6.45) is 0.835. The summed E-state index contributed by atoms with van der Waals surface area (Å²) in [5, 5.41) is 0. The van der Waals surface area contributed by atoms with Crippen molar-refractivity contribution in [2.24, 2.45) is 5.92 Å². The van der Waals surface area contributed by atoms with E-state index < -0.39 is 10.0 Å². The quantitative estimate of drug-likeness (QED) is 0.701. The van der Waals surface area contributed by atoms with Crippen molar-refractivity contribution in [3.8, 4) is 0 Å². The first kappa shape index (κ1) is 19.9. The summed E-state index contributed by atoms with van der Waals surface area (Å²) in [4.78, 5) is 2.56. The summed E-state index contributed by atoms with van der Waals surface area (Å²) in [6.45, 7) is 11.0. The van der Waals surface area contributed by atoms with Crippen LogP contribution < -0.4 is 5.73 Å². The van der Waals surface area contributed by atoms with Crippen LogP contribution in [0.3, 0.4) is 0 Å². The summed E-state index contributed by atoms with van der Waals surface area (Å²) in [5.74, 6) is 0.430. The van der Waals surface area contributed by atoms with Gasteiger partial charge < -0.3 is 10.6 Å². The predicted molar refractivity (Wildman–Crippen MR) is 96.8 cm³/mol. The third kappa shape index (κ3) is 5.48. The molecular formula is C17H31N3O2S. The maximum absolute atomic E-state index is 12.9. The van der Waals surface area contributed by atoms with Gasteiger partial charge in [0.1, 0.15) is 0 Å². The molecule has 0 radical (unpaired) electrons. The Morgan fingerprint density at radius 1 is 1.09 bits per heavy atom. The van der Waals surface area contributed by atoms with E-state index >= 15 is 0 Å². The molecule has 0 aliphatic heterocycles. The van der Waals surface area contributed by atoms with E-state index in [0.29, 0.717) is 16.5 Å². The molecular weight excluding hydrogens is 310 g/mol. The Kier molecular flexibility index (Phi) is 7.51. The smallest absolute Gasteiger partial charge is 0.243 e. The van der Waals surface area contributed by atoms with Gasteiger partial charge in [-0.2, -0.15) is 4.31 Å². The number of benzene rings is 1. The van der Waals surface area contributed by atoms with Gasteiger partial charge in [0.25, 0.3) is 0 Å². The lowest BCUT2D eigenvalue weighted by Crippen LogP contribution is -2.45. The Hall–Kier alpha value is -1.11. The molecule has 0 aliphatic rings. The van der Waals surface area contributed by atoms with Crippen molar-refractivity contribution in [3.63, 3.8) is 0 Å². The molecule has 0 aromatic heterocycles. The lowest BCUT2D eigenvalue weighted by molar-refractivity contribution is 0.207. The third-order valence-corrected chi connectivity index (χ3v) is 6.10. The Labute approximate surface area is 141 Å². The number of nitrogens with two attached hydrogens (primary N) is 1. The number of nitrogen functional groups attached to an aromatic ring is 1. The fourth-order valence-corrected chi connectivity index (χ4v) is 4.02. The minimum absolute atomic E-state index is 0.0440. The molecule has 1 rings (SSSR count). The molecule has 6 heteroatoms. The van der Waals surface area contributed by atoms with Gasteiger partial charge in [-0.15, -0.1) is 0 Å². The van der Waals surface area contributed by atoms with E-state index in [4.69, 9.17) is 5.73 Å². The van der Waals surface area contributed by atoms with E-state index in [2.05, 4.69) is 32.6 Å². The zero-order chi connectivity index (χ0) is 17.6. The largest absolute Gasteiger partial charge is 0.399 e. The van der Waals surface area contributed by atoms with Crippen LogP contribution in [0.15, 0.2) is 29.2 Å². The van der Waals surface area contributed by atoms with Crippen LogP contribution in [-0.2, 0) is 10.0 Å². The van der Waals surface area contributed by atoms with Crippen molar-refractivity contribution < 1.29 is 8.42 Å². The first-order valence-corrected chi connectivity index (χ1v) is 9.72. The molecule has 0 aliphatic carbocycles. The van der Waals surface area contributed by atoms with Crippen molar-refractivity contribution >= 4 is 15.7 Å². The minimum Gasteiger partial charge on any atom is -0.399 e. The van der Waals surface area contributed by atoms with E-state index in [1.165, 1.54) is 4.31 Å². The highest BCUT2D eigenvalue weighted by atomic mass is 32.2. The third-order valence-electron chi connectivity index (χ3n) is 4.18. The number of likely N-dealkylation sites (N-methyl/N-ethyl adjacent to an activating group) is 2. The minimum atomic E-state index is -3.51. The van der Waals surface area contributed by atoms with Crippen molar-refractivity contribution in [1.29, 1.82) is 0 Å². The van der Waals surface area contributed by atoms with E-state index in [-0.39, 0.29) is 6.04 Å². The molecule has 0 amide bonds. The Morgan fingerprint density at radius 2 is 1.61 bits per heavy atom. The zero-order valence-electron chi connectivity index (χ0n) is 15.0. The van der Waals surface area contributed by atoms with E-state index in [0.717, 1.165) is 26.1 Å². The van der Waals surface area contributed by atoms with Crippen LogP contribution in [-0.4, -0.2) is 50.3 Å². The molecule has 1 atom stereocenters. The number of anilines is 1. The number of sulfonamides is 1. The number of hydrogen-bond donors (Lipinski definition) is 1. The van der Waals surface area contributed by atoms with Crippen molar-refractivity contribution in [1.82, 2.24) is 9.21 Å². The second-order valence-corrected chi connectivity index (χ2v) is 8.36. The van der Waals surface area contributed by atoms with Crippen molar-refractivity contribution in [3.05, 3.63) is 24.3 Å². The Bertz CT molecular complexity index is 566. The second kappa shape index (κ2) is 8.66. The van der Waals surface area contributed by atoms with Crippen LogP contribution in [0, 0.1) is 5.92 Å². The maximum Gasteiger partial charge on any atom is 0.243 e. The first-order valence-electron chi connectivity index (χ1n) is 8.28. The topological polar surface area (TPSA) is 66.6 Å². The summed E-state index contributed by atoms with van der Waals surface area (Å²) >= 11 is 0. The van der Waals surface area contributed by atoms with Crippen molar-refractivity contribution in [2.75, 3.05) is 32.4 Å². The highest BCUT2D eigenvalue weighted by Crippen LogP contribution is 2.21. The molecule has 5 nitrogen and oxygen atoms in total. The van der Waals surface area contributed by atoms with Crippen LogP contribution in [0.5, 0.6) is 0 Å². The first-order chi connectivity index (χ1) is 10.7. The molecule has 23 heavy (non-hydrogen) atoms. The lowest BCUT2D eigenvalue weighted by Gasteiger charge is -2.33. The molecule has 0 saturated heterocycles. The highest BCUT2D eigenvalue weighted by Gasteiger charge is 2.29. The van der Waals surface area contributed by atoms with Gasteiger partial charge in [0.2, 0.25) is 10.0 Å². The van der Waals surface area contributed by atoms with Gasteiger partial charge in [-0.05, 0) is 49.7 Å². The molecule has 0 unspecified atom stereocenters. The van der Waals surface area contributed by atoms with Gasteiger partial charge in [0.05, 0.1) is 4.90 Å². The maximum atomic E-state index is 12.9. The molecule has 1 aromatic rings. The van der Waals surface area contributed by atoms with Gasteiger partial charge in [-0.25, -0.2) is 8.42 Å². The van der Waals surface area contributed by atoms with Crippen LogP contribution in [0.25, 0.3) is 0 Å².